The van der Waals surface area contributed by atoms with Gasteiger partial charge in [0.2, 0.25) is 0 Å². The Morgan fingerprint density at radius 1 is 1.21 bits per heavy atom. The lowest BCUT2D eigenvalue weighted by Crippen LogP contribution is -2.27. The molecule has 0 unspecified atom stereocenters. The van der Waals surface area contributed by atoms with Crippen LogP contribution in [0, 0.1) is 6.92 Å². The summed E-state index contributed by atoms with van der Waals surface area (Å²) in [6.45, 7) is 3.32. The maximum atomic E-state index is 12.9. The van der Waals surface area contributed by atoms with Gasteiger partial charge < -0.3 is 5.32 Å². The number of aromatic nitrogens is 3. The number of amides is 1. The molecular formula is C19H16ClF3N4O. The van der Waals surface area contributed by atoms with Gasteiger partial charge in [0.05, 0.1) is 34.1 Å². The number of halogens is 4. The third-order valence-corrected chi connectivity index (χ3v) is 4.47. The van der Waals surface area contributed by atoms with E-state index in [2.05, 4.69) is 15.4 Å². The minimum atomic E-state index is -4.44. The van der Waals surface area contributed by atoms with Crippen molar-refractivity contribution in [2.45, 2.75) is 26.1 Å². The van der Waals surface area contributed by atoms with E-state index in [0.29, 0.717) is 27.7 Å². The second-order valence-corrected chi connectivity index (χ2v) is 6.64. The molecule has 3 aromatic rings. The molecule has 1 aromatic carbocycles. The second kappa shape index (κ2) is 7.63. The summed E-state index contributed by atoms with van der Waals surface area (Å²) in [5, 5.41) is 7.34. The molecule has 0 bridgehead atoms. The Bertz CT molecular complexity index is 999. The third kappa shape index (κ3) is 4.17. The van der Waals surface area contributed by atoms with Gasteiger partial charge in [-0.05, 0) is 43.7 Å². The first-order valence-corrected chi connectivity index (χ1v) is 8.69. The second-order valence-electron chi connectivity index (χ2n) is 6.21. The van der Waals surface area contributed by atoms with E-state index in [4.69, 9.17) is 11.6 Å². The smallest absolute Gasteiger partial charge is 0.345 e. The molecule has 1 amide bonds. The van der Waals surface area contributed by atoms with Crippen LogP contribution in [0.5, 0.6) is 0 Å². The standard InChI is InChI=1S/C19H16ClF3N4O/c1-11(13-4-3-5-14(8-13)19(21,22)23)26-18(28)16-10-25-27(12(16)2)17-7-6-15(20)9-24-17/h3-11H,1-2H3,(H,26,28)/t11-/m0/s1. The molecule has 0 radical (unpaired) electrons. The van der Waals surface area contributed by atoms with Crippen LogP contribution in [0.15, 0.2) is 48.8 Å². The topological polar surface area (TPSA) is 59.8 Å². The van der Waals surface area contributed by atoms with Crippen molar-refractivity contribution in [1.82, 2.24) is 20.1 Å². The van der Waals surface area contributed by atoms with Crippen molar-refractivity contribution in [3.05, 3.63) is 76.2 Å². The highest BCUT2D eigenvalue weighted by Crippen LogP contribution is 2.30. The van der Waals surface area contributed by atoms with E-state index >= 15 is 0 Å². The SMILES string of the molecule is Cc1c(C(=O)N[C@@H](C)c2cccc(C(F)(F)F)c2)cnn1-c1ccc(Cl)cn1. The predicted molar refractivity (Wildman–Crippen MR) is 98.4 cm³/mol. The van der Waals surface area contributed by atoms with Crippen LogP contribution in [0.1, 0.15) is 40.1 Å². The minimum Gasteiger partial charge on any atom is -0.345 e. The van der Waals surface area contributed by atoms with Crippen molar-refractivity contribution in [2.24, 2.45) is 0 Å². The number of carbonyl (C=O) groups excluding carboxylic acids is 1. The Labute approximate surface area is 164 Å². The number of carbonyl (C=O) groups is 1. The van der Waals surface area contributed by atoms with Crippen LogP contribution in [0.4, 0.5) is 13.2 Å². The van der Waals surface area contributed by atoms with Gasteiger partial charge in [-0.15, -0.1) is 0 Å². The molecule has 146 valence electrons. The normalized spacial score (nSPS) is 12.6. The molecule has 9 heteroatoms. The van der Waals surface area contributed by atoms with Crippen molar-refractivity contribution < 1.29 is 18.0 Å². The number of nitrogens with zero attached hydrogens (tertiary/aromatic N) is 3. The van der Waals surface area contributed by atoms with E-state index in [1.54, 1.807) is 26.0 Å². The van der Waals surface area contributed by atoms with Crippen LogP contribution in [-0.4, -0.2) is 20.7 Å². The Kier molecular flexibility index (Phi) is 5.42. The van der Waals surface area contributed by atoms with Gasteiger partial charge in [0.15, 0.2) is 5.82 Å². The fourth-order valence-electron chi connectivity index (χ4n) is 2.70. The van der Waals surface area contributed by atoms with Crippen molar-refractivity contribution in [3.8, 4) is 5.82 Å². The van der Waals surface area contributed by atoms with E-state index in [-0.39, 0.29) is 0 Å². The van der Waals surface area contributed by atoms with Gasteiger partial charge in [0, 0.05) is 6.20 Å². The van der Waals surface area contributed by atoms with Gasteiger partial charge in [0.1, 0.15) is 0 Å². The predicted octanol–water partition coefficient (Wildman–Crippen LogP) is 4.74. The highest BCUT2D eigenvalue weighted by molar-refractivity contribution is 6.30. The highest BCUT2D eigenvalue weighted by atomic mass is 35.5. The number of hydrogen-bond acceptors (Lipinski definition) is 3. The lowest BCUT2D eigenvalue weighted by atomic mass is 10.0. The van der Waals surface area contributed by atoms with E-state index in [1.165, 1.54) is 29.2 Å². The fourth-order valence-corrected chi connectivity index (χ4v) is 2.81. The Morgan fingerprint density at radius 3 is 2.61 bits per heavy atom. The number of benzene rings is 1. The summed E-state index contributed by atoms with van der Waals surface area (Å²) in [4.78, 5) is 16.8. The quantitative estimate of drug-likeness (QED) is 0.678. The molecule has 0 fully saturated rings. The van der Waals surface area contributed by atoms with Crippen molar-refractivity contribution in [2.75, 3.05) is 0 Å². The van der Waals surface area contributed by atoms with Gasteiger partial charge >= 0.3 is 6.18 Å². The zero-order valence-corrected chi connectivity index (χ0v) is 15.7. The fraction of sp³-hybridized carbons (Fsp3) is 0.211. The van der Waals surface area contributed by atoms with Crippen molar-refractivity contribution in [3.63, 3.8) is 0 Å². The Morgan fingerprint density at radius 2 is 1.96 bits per heavy atom. The molecule has 2 heterocycles. The molecule has 3 rings (SSSR count). The summed E-state index contributed by atoms with van der Waals surface area (Å²) in [7, 11) is 0. The molecule has 0 saturated heterocycles. The maximum absolute atomic E-state index is 12.9. The average molecular weight is 409 g/mol. The first kappa shape index (κ1) is 19.9. The van der Waals surface area contributed by atoms with E-state index in [0.717, 1.165) is 12.1 Å². The first-order chi connectivity index (χ1) is 13.2. The first-order valence-electron chi connectivity index (χ1n) is 8.31. The van der Waals surface area contributed by atoms with E-state index in [9.17, 15) is 18.0 Å². The van der Waals surface area contributed by atoms with Crippen LogP contribution in [-0.2, 0) is 6.18 Å². The lowest BCUT2D eigenvalue weighted by Gasteiger charge is -2.16. The molecule has 28 heavy (non-hydrogen) atoms. The number of rotatable bonds is 4. The van der Waals surface area contributed by atoms with Crippen molar-refractivity contribution >= 4 is 17.5 Å². The van der Waals surface area contributed by atoms with Crippen LogP contribution in [0.25, 0.3) is 5.82 Å². The summed E-state index contributed by atoms with van der Waals surface area (Å²) in [5.41, 5.74) is 0.440. The van der Waals surface area contributed by atoms with Gasteiger partial charge in [-0.1, -0.05) is 23.7 Å². The van der Waals surface area contributed by atoms with Crippen molar-refractivity contribution in [1.29, 1.82) is 0 Å². The number of alkyl halides is 3. The van der Waals surface area contributed by atoms with Gasteiger partial charge in [-0.2, -0.15) is 18.3 Å². The van der Waals surface area contributed by atoms with Crippen LogP contribution in [0.3, 0.4) is 0 Å². The number of nitrogens with one attached hydrogen (secondary N) is 1. The van der Waals surface area contributed by atoms with Crippen LogP contribution in [0.2, 0.25) is 5.02 Å². The Hall–Kier alpha value is -2.87. The largest absolute Gasteiger partial charge is 0.416 e. The molecular weight excluding hydrogens is 393 g/mol. The third-order valence-electron chi connectivity index (χ3n) is 4.24. The summed E-state index contributed by atoms with van der Waals surface area (Å²) in [6, 6.07) is 7.57. The number of hydrogen-bond donors (Lipinski definition) is 1. The van der Waals surface area contributed by atoms with Crippen LogP contribution < -0.4 is 5.32 Å². The van der Waals surface area contributed by atoms with Gasteiger partial charge in [-0.25, -0.2) is 9.67 Å². The molecule has 0 aliphatic heterocycles. The molecule has 5 nitrogen and oxygen atoms in total. The summed E-state index contributed by atoms with van der Waals surface area (Å²) in [5.74, 6) is 0.0505. The molecule has 1 atom stereocenters. The maximum Gasteiger partial charge on any atom is 0.416 e. The molecule has 0 saturated carbocycles. The molecule has 1 N–H and O–H groups in total. The zero-order chi connectivity index (χ0) is 20.5. The average Bonchev–Trinajstić information content (AvgIpc) is 3.03. The molecule has 0 aliphatic carbocycles. The van der Waals surface area contributed by atoms with Crippen LogP contribution >= 0.6 is 11.6 Å². The summed E-state index contributed by atoms with van der Waals surface area (Å²) in [6.07, 6.45) is -1.59. The van der Waals surface area contributed by atoms with E-state index < -0.39 is 23.7 Å². The zero-order valence-electron chi connectivity index (χ0n) is 15.0. The van der Waals surface area contributed by atoms with Gasteiger partial charge in [-0.3, -0.25) is 4.79 Å². The highest BCUT2D eigenvalue weighted by Gasteiger charge is 2.31. The molecule has 2 aromatic heterocycles. The minimum absolute atomic E-state index is 0.301. The summed E-state index contributed by atoms with van der Waals surface area (Å²) >= 11 is 5.82. The van der Waals surface area contributed by atoms with Gasteiger partial charge in [0.25, 0.3) is 5.91 Å². The summed E-state index contributed by atoms with van der Waals surface area (Å²) < 4.78 is 40.2. The molecule has 0 aliphatic rings. The monoisotopic (exact) mass is 408 g/mol. The molecule has 0 spiro atoms. The Balaban J connectivity index is 1.79. The lowest BCUT2D eigenvalue weighted by molar-refractivity contribution is -0.137. The number of pyridine rings is 1. The van der Waals surface area contributed by atoms with E-state index in [1.807, 2.05) is 0 Å².